The molecule has 1 aromatic heterocycles. The molecular weight excluding hydrogens is 434 g/mol. The van der Waals surface area contributed by atoms with Gasteiger partial charge in [0.05, 0.1) is 16.8 Å². The molecule has 0 spiro atoms. The number of carbonyl (C=O) groups excluding carboxylic acids is 3. The highest BCUT2D eigenvalue weighted by molar-refractivity contribution is 7.14. The number of nitrogens with one attached hydrogen (secondary N) is 1. The fraction of sp³-hybridized carbons (Fsp3) is 0.217. The molecule has 0 bridgehead atoms. The third-order valence-corrected chi connectivity index (χ3v) is 6.06. The third-order valence-electron chi connectivity index (χ3n) is 5.05. The lowest BCUT2D eigenvalue weighted by Crippen LogP contribution is -2.30. The Morgan fingerprint density at radius 1 is 0.968 bits per heavy atom. The Morgan fingerprint density at radius 3 is 2.32 bits per heavy atom. The van der Waals surface area contributed by atoms with Crippen molar-refractivity contribution >= 4 is 45.8 Å². The van der Waals surface area contributed by atoms with Crippen molar-refractivity contribution in [3.05, 3.63) is 70.1 Å². The second-order valence-corrected chi connectivity index (χ2v) is 8.51. The lowest BCUT2D eigenvalue weighted by atomic mass is 10.1. The van der Waals surface area contributed by atoms with Gasteiger partial charge in [-0.2, -0.15) is 0 Å². The molecule has 0 fully saturated rings. The van der Waals surface area contributed by atoms with Gasteiger partial charge in [-0.3, -0.25) is 19.3 Å². The SMILES string of the molecule is O=C(CCCCCN1C(=O)c2ccccc2C1=O)Nc1nc(-c2ccc(Cl)cc2)cs1. The number of aromatic nitrogens is 1. The van der Waals surface area contributed by atoms with Crippen LogP contribution in [0, 0.1) is 0 Å². The molecule has 1 aliphatic heterocycles. The zero-order valence-electron chi connectivity index (χ0n) is 16.6. The van der Waals surface area contributed by atoms with Crippen LogP contribution < -0.4 is 5.32 Å². The van der Waals surface area contributed by atoms with E-state index in [1.165, 1.54) is 16.2 Å². The van der Waals surface area contributed by atoms with Crippen LogP contribution in [0.25, 0.3) is 11.3 Å². The van der Waals surface area contributed by atoms with Crippen LogP contribution in [0.2, 0.25) is 5.02 Å². The Balaban J connectivity index is 1.19. The highest BCUT2D eigenvalue weighted by Crippen LogP contribution is 2.26. The minimum absolute atomic E-state index is 0.0993. The van der Waals surface area contributed by atoms with E-state index in [-0.39, 0.29) is 17.7 Å². The smallest absolute Gasteiger partial charge is 0.261 e. The number of halogens is 1. The molecule has 3 aromatic rings. The first-order valence-electron chi connectivity index (χ1n) is 9.99. The van der Waals surface area contributed by atoms with E-state index in [1.54, 1.807) is 36.4 Å². The Labute approximate surface area is 188 Å². The van der Waals surface area contributed by atoms with Crippen LogP contribution in [-0.4, -0.2) is 34.2 Å². The fourth-order valence-electron chi connectivity index (χ4n) is 3.44. The van der Waals surface area contributed by atoms with Gasteiger partial charge in [-0.25, -0.2) is 4.98 Å². The summed E-state index contributed by atoms with van der Waals surface area (Å²) in [5.74, 6) is -0.574. The number of hydrogen-bond acceptors (Lipinski definition) is 5. The average Bonchev–Trinajstić information content (AvgIpc) is 3.32. The van der Waals surface area contributed by atoms with Gasteiger partial charge in [0.15, 0.2) is 5.13 Å². The number of amides is 3. The molecule has 1 N–H and O–H groups in total. The van der Waals surface area contributed by atoms with Crippen molar-refractivity contribution in [2.75, 3.05) is 11.9 Å². The van der Waals surface area contributed by atoms with Crippen LogP contribution in [0.5, 0.6) is 0 Å². The van der Waals surface area contributed by atoms with Gasteiger partial charge >= 0.3 is 0 Å². The number of thiazole rings is 1. The van der Waals surface area contributed by atoms with Gasteiger partial charge < -0.3 is 5.32 Å². The second kappa shape index (κ2) is 9.41. The quantitative estimate of drug-likeness (QED) is 0.372. The average molecular weight is 454 g/mol. The highest BCUT2D eigenvalue weighted by atomic mass is 35.5. The number of fused-ring (bicyclic) bond motifs is 1. The molecule has 3 amide bonds. The van der Waals surface area contributed by atoms with E-state index < -0.39 is 0 Å². The topological polar surface area (TPSA) is 79.4 Å². The van der Waals surface area contributed by atoms with Crippen molar-refractivity contribution in [3.8, 4) is 11.3 Å². The summed E-state index contributed by atoms with van der Waals surface area (Å²) in [6.45, 7) is 0.366. The maximum absolute atomic E-state index is 12.3. The largest absolute Gasteiger partial charge is 0.302 e. The van der Waals surface area contributed by atoms with E-state index in [4.69, 9.17) is 11.6 Å². The van der Waals surface area contributed by atoms with Crippen LogP contribution >= 0.6 is 22.9 Å². The van der Waals surface area contributed by atoms with Crippen molar-refractivity contribution in [1.29, 1.82) is 0 Å². The Bertz CT molecular complexity index is 1090. The van der Waals surface area contributed by atoms with E-state index >= 15 is 0 Å². The van der Waals surface area contributed by atoms with Gasteiger partial charge in [0.1, 0.15) is 0 Å². The Kier molecular flexibility index (Phi) is 6.44. The number of anilines is 1. The maximum atomic E-state index is 12.3. The summed E-state index contributed by atoms with van der Waals surface area (Å²) in [7, 11) is 0. The van der Waals surface area contributed by atoms with Gasteiger partial charge in [-0.05, 0) is 37.1 Å². The summed E-state index contributed by atoms with van der Waals surface area (Å²) in [5, 5.41) is 5.93. The number of nitrogens with zero attached hydrogens (tertiary/aromatic N) is 2. The van der Waals surface area contributed by atoms with Crippen molar-refractivity contribution in [3.63, 3.8) is 0 Å². The molecule has 2 aromatic carbocycles. The van der Waals surface area contributed by atoms with Crippen LogP contribution in [0.15, 0.2) is 53.9 Å². The monoisotopic (exact) mass is 453 g/mol. The maximum Gasteiger partial charge on any atom is 0.261 e. The van der Waals surface area contributed by atoms with Crippen molar-refractivity contribution in [2.45, 2.75) is 25.7 Å². The standard InChI is InChI=1S/C23H20ClN3O3S/c24-16-11-9-15(10-12-16)19-14-31-23(25-19)26-20(28)8-2-1-5-13-27-21(29)17-6-3-4-7-18(17)22(27)30/h3-4,6-7,9-12,14H,1-2,5,8,13H2,(H,25,26,28). The van der Waals surface area contributed by atoms with Gasteiger partial charge in [-0.15, -0.1) is 11.3 Å². The second-order valence-electron chi connectivity index (χ2n) is 7.21. The number of unbranched alkanes of at least 4 members (excludes halogenated alkanes) is 2. The van der Waals surface area contributed by atoms with E-state index in [0.717, 1.165) is 17.7 Å². The summed E-state index contributed by atoms with van der Waals surface area (Å²) in [6.07, 6.45) is 2.44. The third kappa shape index (κ3) is 4.84. The first-order chi connectivity index (χ1) is 15.0. The van der Waals surface area contributed by atoms with Gasteiger partial charge in [0, 0.05) is 28.9 Å². The van der Waals surface area contributed by atoms with Gasteiger partial charge in [-0.1, -0.05) is 42.3 Å². The van der Waals surface area contributed by atoms with Crippen LogP contribution in [0.4, 0.5) is 5.13 Å². The van der Waals surface area contributed by atoms with Crippen molar-refractivity contribution in [2.24, 2.45) is 0 Å². The molecule has 6 nitrogen and oxygen atoms in total. The number of benzene rings is 2. The molecule has 4 rings (SSSR count). The number of hydrogen-bond donors (Lipinski definition) is 1. The molecule has 0 aliphatic carbocycles. The van der Waals surface area contributed by atoms with Crippen molar-refractivity contribution in [1.82, 2.24) is 9.88 Å². The first kappa shape index (κ1) is 21.2. The molecule has 0 saturated carbocycles. The molecule has 0 unspecified atom stereocenters. The molecule has 8 heteroatoms. The van der Waals surface area contributed by atoms with E-state index in [9.17, 15) is 14.4 Å². The number of imide groups is 1. The summed E-state index contributed by atoms with van der Waals surface area (Å²) in [4.78, 5) is 42.6. The highest BCUT2D eigenvalue weighted by Gasteiger charge is 2.34. The molecule has 0 atom stereocenters. The zero-order chi connectivity index (χ0) is 21.8. The van der Waals surface area contributed by atoms with Gasteiger partial charge in [0.2, 0.25) is 5.91 Å². The number of carbonyl (C=O) groups is 3. The Morgan fingerprint density at radius 2 is 1.65 bits per heavy atom. The molecule has 0 radical (unpaired) electrons. The predicted octanol–water partition coefficient (Wildman–Crippen LogP) is 5.26. The molecule has 31 heavy (non-hydrogen) atoms. The predicted molar refractivity (Wildman–Crippen MR) is 121 cm³/mol. The lowest BCUT2D eigenvalue weighted by Gasteiger charge is -2.13. The van der Waals surface area contributed by atoms with E-state index in [2.05, 4.69) is 10.3 Å². The van der Waals surface area contributed by atoms with Crippen molar-refractivity contribution < 1.29 is 14.4 Å². The zero-order valence-corrected chi connectivity index (χ0v) is 18.2. The molecule has 2 heterocycles. The summed E-state index contributed by atoms with van der Waals surface area (Å²) < 4.78 is 0. The molecule has 1 aliphatic rings. The van der Waals surface area contributed by atoms with E-state index in [0.29, 0.717) is 47.1 Å². The van der Waals surface area contributed by atoms with Gasteiger partial charge in [0.25, 0.3) is 11.8 Å². The van der Waals surface area contributed by atoms with Crippen LogP contribution in [0.1, 0.15) is 46.4 Å². The summed E-state index contributed by atoms with van der Waals surface area (Å²) >= 11 is 7.28. The van der Waals surface area contributed by atoms with E-state index in [1.807, 2.05) is 17.5 Å². The van der Waals surface area contributed by atoms with Crippen LogP contribution in [-0.2, 0) is 4.79 Å². The summed E-state index contributed by atoms with van der Waals surface area (Å²) in [6, 6.07) is 14.2. The first-order valence-corrected chi connectivity index (χ1v) is 11.3. The molecular formula is C23H20ClN3O3S. The lowest BCUT2D eigenvalue weighted by molar-refractivity contribution is -0.116. The summed E-state index contributed by atoms with van der Waals surface area (Å²) in [5.41, 5.74) is 2.66. The fourth-order valence-corrected chi connectivity index (χ4v) is 4.30. The van der Waals surface area contributed by atoms with Crippen LogP contribution in [0.3, 0.4) is 0 Å². The molecule has 0 saturated heterocycles. The normalized spacial score (nSPS) is 12.9. The minimum Gasteiger partial charge on any atom is -0.302 e. The molecule has 158 valence electrons. The minimum atomic E-state index is -0.237. The number of rotatable bonds is 8. The Hall–Kier alpha value is -3.03.